The highest BCUT2D eigenvalue weighted by molar-refractivity contribution is 9.13. The molecule has 0 fully saturated rings. The minimum Gasteiger partial charge on any atom is -0.490 e. The van der Waals surface area contributed by atoms with Crippen molar-refractivity contribution in [2.45, 2.75) is 20.3 Å². The smallest absolute Gasteiger partial charge is 0.184 e. The Balaban J connectivity index is 3.16. The van der Waals surface area contributed by atoms with Crippen LogP contribution in [0.5, 0.6) is 11.5 Å². The predicted octanol–water partition coefficient (Wildman–Crippen LogP) is 3.57. The van der Waals surface area contributed by atoms with E-state index in [2.05, 4.69) is 42.4 Å². The van der Waals surface area contributed by atoms with Gasteiger partial charge in [0, 0.05) is 10.0 Å². The first-order chi connectivity index (χ1) is 10.0. The minimum atomic E-state index is 0.106. The largest absolute Gasteiger partial charge is 0.490 e. The van der Waals surface area contributed by atoms with Crippen molar-refractivity contribution in [3.8, 4) is 11.5 Å². The lowest BCUT2D eigenvalue weighted by molar-refractivity contribution is 0.275. The average Bonchev–Trinajstić information content (AvgIpc) is 2.43. The molecule has 0 aliphatic rings. The summed E-state index contributed by atoms with van der Waals surface area (Å²) in [6.07, 6.45) is 2.51. The van der Waals surface area contributed by atoms with Gasteiger partial charge >= 0.3 is 0 Å². The molecule has 5 nitrogen and oxygen atoms in total. The highest BCUT2D eigenvalue weighted by Gasteiger charge is 2.16. The maximum Gasteiger partial charge on any atom is 0.184 e. The van der Waals surface area contributed by atoms with Crippen LogP contribution in [0.25, 0.3) is 0 Å². The van der Waals surface area contributed by atoms with Crippen molar-refractivity contribution in [1.29, 1.82) is 0 Å². The standard InChI is InChI=1S/C13H17Br2N3O2S/c1-3-5-20-12-9(19-4-2)6-8(10(14)11(12)15)7-17-18-13(16)21/h6-7H,3-5H2,1-2H3,(H3,16,18,21). The van der Waals surface area contributed by atoms with Crippen LogP contribution in [0.15, 0.2) is 20.1 Å². The molecule has 1 aromatic carbocycles. The number of nitrogens with two attached hydrogens (primary N) is 1. The van der Waals surface area contributed by atoms with E-state index in [1.54, 1.807) is 6.21 Å². The lowest BCUT2D eigenvalue weighted by Gasteiger charge is -2.15. The molecule has 0 radical (unpaired) electrons. The fraction of sp³-hybridized carbons (Fsp3) is 0.385. The molecular formula is C13H17Br2N3O2S. The number of rotatable bonds is 7. The summed E-state index contributed by atoms with van der Waals surface area (Å²) in [5, 5.41) is 4.05. The Bertz CT molecular complexity index is 539. The molecule has 1 rings (SSSR count). The highest BCUT2D eigenvalue weighted by atomic mass is 79.9. The van der Waals surface area contributed by atoms with Crippen molar-refractivity contribution >= 4 is 55.4 Å². The molecule has 0 atom stereocenters. The summed E-state index contributed by atoms with van der Waals surface area (Å²) in [7, 11) is 0. The van der Waals surface area contributed by atoms with E-state index in [9.17, 15) is 0 Å². The normalized spacial score (nSPS) is 10.7. The molecule has 8 heteroatoms. The van der Waals surface area contributed by atoms with Crippen LogP contribution in [0.3, 0.4) is 0 Å². The summed E-state index contributed by atoms with van der Waals surface area (Å²) < 4.78 is 13.0. The summed E-state index contributed by atoms with van der Waals surface area (Å²) in [4.78, 5) is 0. The quantitative estimate of drug-likeness (QED) is 0.387. The average molecular weight is 439 g/mol. The van der Waals surface area contributed by atoms with Crippen molar-refractivity contribution in [3.63, 3.8) is 0 Å². The van der Waals surface area contributed by atoms with E-state index >= 15 is 0 Å². The van der Waals surface area contributed by atoms with E-state index in [1.807, 2.05) is 19.9 Å². The van der Waals surface area contributed by atoms with E-state index in [0.717, 1.165) is 20.9 Å². The van der Waals surface area contributed by atoms with Gasteiger partial charge in [0.2, 0.25) is 0 Å². The molecule has 0 bridgehead atoms. The molecule has 0 aliphatic heterocycles. The Hall–Kier alpha value is -0.860. The van der Waals surface area contributed by atoms with Crippen molar-refractivity contribution < 1.29 is 9.47 Å². The zero-order chi connectivity index (χ0) is 15.8. The summed E-state index contributed by atoms with van der Waals surface area (Å²) in [6, 6.07) is 1.84. The molecule has 0 saturated heterocycles. The summed E-state index contributed by atoms with van der Waals surface area (Å²) in [6.45, 7) is 5.12. The first-order valence-electron chi connectivity index (χ1n) is 6.37. The van der Waals surface area contributed by atoms with E-state index in [0.29, 0.717) is 24.7 Å². The number of thiocarbonyl (C=S) groups is 1. The van der Waals surface area contributed by atoms with Crippen molar-refractivity contribution in [2.75, 3.05) is 13.2 Å². The van der Waals surface area contributed by atoms with Gasteiger partial charge in [0.25, 0.3) is 0 Å². The molecule has 0 heterocycles. The number of halogens is 2. The van der Waals surface area contributed by atoms with Gasteiger partial charge in [-0.2, -0.15) is 5.10 Å². The maximum atomic E-state index is 5.75. The topological polar surface area (TPSA) is 68.9 Å². The van der Waals surface area contributed by atoms with Crippen LogP contribution in [0, 0.1) is 0 Å². The Kier molecular flexibility index (Phi) is 7.98. The first-order valence-corrected chi connectivity index (χ1v) is 8.36. The van der Waals surface area contributed by atoms with E-state index in [1.165, 1.54) is 0 Å². The fourth-order valence-electron chi connectivity index (χ4n) is 1.47. The van der Waals surface area contributed by atoms with Crippen LogP contribution in [-0.4, -0.2) is 24.5 Å². The second-order valence-electron chi connectivity index (χ2n) is 3.94. The third-order valence-electron chi connectivity index (χ3n) is 2.28. The van der Waals surface area contributed by atoms with Gasteiger partial charge in [-0.3, -0.25) is 5.43 Å². The van der Waals surface area contributed by atoms with Crippen LogP contribution in [0.1, 0.15) is 25.8 Å². The number of nitrogens with zero attached hydrogens (tertiary/aromatic N) is 1. The van der Waals surface area contributed by atoms with Gasteiger partial charge in [-0.25, -0.2) is 0 Å². The molecule has 3 N–H and O–H groups in total. The Labute approximate surface area is 146 Å². The minimum absolute atomic E-state index is 0.106. The molecule has 1 aromatic rings. The lowest BCUT2D eigenvalue weighted by atomic mass is 10.2. The molecule has 0 aromatic heterocycles. The number of hydrazone groups is 1. The third kappa shape index (κ3) is 5.44. The zero-order valence-corrected chi connectivity index (χ0v) is 15.8. The number of hydrogen-bond donors (Lipinski definition) is 2. The second-order valence-corrected chi connectivity index (χ2v) is 5.96. The van der Waals surface area contributed by atoms with Crippen LogP contribution >= 0.6 is 44.1 Å². The lowest BCUT2D eigenvalue weighted by Crippen LogP contribution is -2.24. The zero-order valence-electron chi connectivity index (χ0n) is 11.8. The molecule has 116 valence electrons. The number of ether oxygens (including phenoxy) is 2. The van der Waals surface area contributed by atoms with Gasteiger partial charge < -0.3 is 15.2 Å². The second kappa shape index (κ2) is 9.22. The van der Waals surface area contributed by atoms with Gasteiger partial charge in [0.1, 0.15) is 0 Å². The Morgan fingerprint density at radius 1 is 1.38 bits per heavy atom. The maximum absolute atomic E-state index is 5.75. The van der Waals surface area contributed by atoms with Gasteiger partial charge in [-0.15, -0.1) is 0 Å². The van der Waals surface area contributed by atoms with Crippen LogP contribution in [0.4, 0.5) is 0 Å². The predicted molar refractivity (Wildman–Crippen MR) is 96.3 cm³/mol. The summed E-state index contributed by atoms with van der Waals surface area (Å²) in [5.74, 6) is 1.32. The van der Waals surface area contributed by atoms with Crippen molar-refractivity contribution in [1.82, 2.24) is 5.43 Å². The van der Waals surface area contributed by atoms with Gasteiger partial charge in [0.15, 0.2) is 16.6 Å². The monoisotopic (exact) mass is 437 g/mol. The molecule has 21 heavy (non-hydrogen) atoms. The number of hydrogen-bond acceptors (Lipinski definition) is 4. The van der Waals surface area contributed by atoms with Crippen molar-refractivity contribution in [2.24, 2.45) is 10.8 Å². The number of benzene rings is 1. The Morgan fingerprint density at radius 2 is 2.10 bits per heavy atom. The molecule has 0 aliphatic carbocycles. The van der Waals surface area contributed by atoms with Gasteiger partial charge in [0.05, 0.1) is 23.9 Å². The van der Waals surface area contributed by atoms with E-state index in [4.69, 9.17) is 27.4 Å². The first kappa shape index (κ1) is 18.2. The molecule has 0 amide bonds. The molecule has 0 saturated carbocycles. The van der Waals surface area contributed by atoms with Gasteiger partial charge in [-0.05, 0) is 63.5 Å². The SMILES string of the molecule is CCCOc1c(OCC)cc(C=NNC(N)=S)c(Br)c1Br. The van der Waals surface area contributed by atoms with Crippen molar-refractivity contribution in [3.05, 3.63) is 20.6 Å². The van der Waals surface area contributed by atoms with E-state index in [-0.39, 0.29) is 5.11 Å². The highest BCUT2D eigenvalue weighted by Crippen LogP contribution is 2.42. The van der Waals surface area contributed by atoms with Gasteiger partial charge in [-0.1, -0.05) is 6.92 Å². The Morgan fingerprint density at radius 3 is 2.67 bits per heavy atom. The van der Waals surface area contributed by atoms with Crippen LogP contribution in [0.2, 0.25) is 0 Å². The fourth-order valence-corrected chi connectivity index (χ4v) is 2.45. The summed E-state index contributed by atoms with van der Waals surface area (Å²) >= 11 is 11.7. The van der Waals surface area contributed by atoms with Crippen LogP contribution in [-0.2, 0) is 0 Å². The molecule has 0 spiro atoms. The molecule has 0 unspecified atom stereocenters. The summed E-state index contributed by atoms with van der Waals surface area (Å²) in [5.41, 5.74) is 8.64. The third-order valence-corrected chi connectivity index (χ3v) is 4.52. The number of nitrogens with one attached hydrogen (secondary N) is 1. The van der Waals surface area contributed by atoms with Crippen LogP contribution < -0.4 is 20.6 Å². The molecular weight excluding hydrogens is 422 g/mol. The van der Waals surface area contributed by atoms with E-state index < -0.39 is 0 Å².